The first-order chi connectivity index (χ1) is 8.05. The quantitative estimate of drug-likeness (QED) is 0.739. The molecule has 0 radical (unpaired) electrons. The van der Waals surface area contributed by atoms with E-state index in [1.165, 1.54) is 45.1 Å². The Balaban J connectivity index is 1.98. The zero-order valence-electron chi connectivity index (χ0n) is 11.9. The van der Waals surface area contributed by atoms with Crippen molar-refractivity contribution in [3.8, 4) is 0 Å². The standard InChI is InChI=1S/C15H30N2/c1-12(2)17(10-14-7-8-14)15(3,11-16)9-13-5-4-6-13/h12-14H,4-11,16H2,1-3H3. The van der Waals surface area contributed by atoms with Crippen LogP contribution in [0.1, 0.15) is 59.3 Å². The molecular formula is C15H30N2. The maximum atomic E-state index is 6.13. The van der Waals surface area contributed by atoms with Crippen LogP contribution in [0.5, 0.6) is 0 Å². The lowest BCUT2D eigenvalue weighted by molar-refractivity contribution is 0.0376. The van der Waals surface area contributed by atoms with Crippen molar-refractivity contribution in [2.75, 3.05) is 13.1 Å². The van der Waals surface area contributed by atoms with Crippen LogP contribution in [-0.2, 0) is 0 Å². The molecule has 0 bridgehead atoms. The van der Waals surface area contributed by atoms with Gasteiger partial charge in [-0.15, -0.1) is 0 Å². The average Bonchev–Trinajstić information content (AvgIpc) is 3.03. The van der Waals surface area contributed by atoms with Gasteiger partial charge in [0.05, 0.1) is 0 Å². The van der Waals surface area contributed by atoms with Gasteiger partial charge in [0.1, 0.15) is 0 Å². The van der Waals surface area contributed by atoms with Crippen molar-refractivity contribution in [2.45, 2.75) is 70.9 Å². The van der Waals surface area contributed by atoms with Crippen LogP contribution < -0.4 is 5.73 Å². The first-order valence-corrected chi connectivity index (χ1v) is 7.52. The van der Waals surface area contributed by atoms with Gasteiger partial charge in [-0.1, -0.05) is 19.3 Å². The molecule has 2 saturated carbocycles. The topological polar surface area (TPSA) is 29.3 Å². The van der Waals surface area contributed by atoms with Crippen molar-refractivity contribution in [1.29, 1.82) is 0 Å². The Kier molecular flexibility index (Phi) is 4.14. The third-order valence-corrected chi connectivity index (χ3v) is 4.86. The summed E-state index contributed by atoms with van der Waals surface area (Å²) in [6, 6.07) is 0.629. The zero-order chi connectivity index (χ0) is 12.5. The highest BCUT2D eigenvalue weighted by Gasteiger charge is 2.38. The summed E-state index contributed by atoms with van der Waals surface area (Å²) < 4.78 is 0. The Morgan fingerprint density at radius 2 is 1.82 bits per heavy atom. The molecular weight excluding hydrogens is 208 g/mol. The lowest BCUT2D eigenvalue weighted by Gasteiger charge is -2.47. The van der Waals surface area contributed by atoms with Crippen LogP contribution in [0.3, 0.4) is 0 Å². The maximum absolute atomic E-state index is 6.13. The van der Waals surface area contributed by atoms with Crippen molar-refractivity contribution in [3.05, 3.63) is 0 Å². The summed E-state index contributed by atoms with van der Waals surface area (Å²) in [5, 5.41) is 0. The van der Waals surface area contributed by atoms with Crippen LogP contribution in [0.2, 0.25) is 0 Å². The molecule has 0 spiro atoms. The van der Waals surface area contributed by atoms with Crippen LogP contribution in [-0.4, -0.2) is 29.6 Å². The van der Waals surface area contributed by atoms with E-state index in [0.29, 0.717) is 6.04 Å². The van der Waals surface area contributed by atoms with E-state index in [9.17, 15) is 0 Å². The zero-order valence-corrected chi connectivity index (χ0v) is 11.9. The van der Waals surface area contributed by atoms with Gasteiger partial charge in [0.2, 0.25) is 0 Å². The molecule has 0 aromatic carbocycles. The third-order valence-electron chi connectivity index (χ3n) is 4.86. The molecule has 0 aromatic heterocycles. The summed E-state index contributed by atoms with van der Waals surface area (Å²) in [5.74, 6) is 1.91. The fourth-order valence-electron chi connectivity index (χ4n) is 3.27. The number of hydrogen-bond acceptors (Lipinski definition) is 2. The molecule has 2 aliphatic rings. The fraction of sp³-hybridized carbons (Fsp3) is 1.00. The SMILES string of the molecule is CC(C)N(CC1CC1)C(C)(CN)CC1CCC1. The molecule has 2 rings (SSSR count). The molecule has 0 aliphatic heterocycles. The molecule has 1 unspecified atom stereocenters. The van der Waals surface area contributed by atoms with Gasteiger partial charge in [-0.3, -0.25) is 4.90 Å². The Labute approximate surface area is 107 Å². The largest absolute Gasteiger partial charge is 0.329 e. The highest BCUT2D eigenvalue weighted by Crippen LogP contribution is 2.39. The number of hydrogen-bond donors (Lipinski definition) is 1. The van der Waals surface area contributed by atoms with Gasteiger partial charge in [-0.2, -0.15) is 0 Å². The van der Waals surface area contributed by atoms with Gasteiger partial charge < -0.3 is 5.73 Å². The summed E-state index contributed by atoms with van der Waals surface area (Å²) in [4.78, 5) is 2.70. The van der Waals surface area contributed by atoms with Gasteiger partial charge in [0.25, 0.3) is 0 Å². The number of rotatable bonds is 7. The van der Waals surface area contributed by atoms with Crippen LogP contribution in [0, 0.1) is 11.8 Å². The van der Waals surface area contributed by atoms with Crippen LogP contribution in [0.25, 0.3) is 0 Å². The van der Waals surface area contributed by atoms with Gasteiger partial charge >= 0.3 is 0 Å². The summed E-state index contributed by atoms with van der Waals surface area (Å²) in [6.07, 6.45) is 8.50. The minimum atomic E-state index is 0.238. The molecule has 100 valence electrons. The molecule has 1 atom stereocenters. The second kappa shape index (κ2) is 5.27. The predicted molar refractivity (Wildman–Crippen MR) is 74.0 cm³/mol. The summed E-state index contributed by atoms with van der Waals surface area (Å²) >= 11 is 0. The molecule has 17 heavy (non-hydrogen) atoms. The van der Waals surface area contributed by atoms with E-state index < -0.39 is 0 Å². The highest BCUT2D eigenvalue weighted by molar-refractivity contribution is 4.95. The van der Waals surface area contributed by atoms with Crippen LogP contribution in [0.15, 0.2) is 0 Å². The van der Waals surface area contributed by atoms with Crippen LogP contribution in [0.4, 0.5) is 0 Å². The van der Waals surface area contributed by atoms with Crippen molar-refractivity contribution >= 4 is 0 Å². The smallest absolute Gasteiger partial charge is 0.0309 e. The predicted octanol–water partition coefficient (Wildman–Crippen LogP) is 3.01. The fourth-order valence-corrected chi connectivity index (χ4v) is 3.27. The summed E-state index contributed by atoms with van der Waals surface area (Å²) in [6.45, 7) is 9.15. The van der Waals surface area contributed by atoms with Crippen molar-refractivity contribution in [2.24, 2.45) is 17.6 Å². The van der Waals surface area contributed by atoms with E-state index >= 15 is 0 Å². The molecule has 2 heteroatoms. The first kappa shape index (κ1) is 13.4. The van der Waals surface area contributed by atoms with Crippen molar-refractivity contribution < 1.29 is 0 Å². The van der Waals surface area contributed by atoms with Gasteiger partial charge in [0.15, 0.2) is 0 Å². The van der Waals surface area contributed by atoms with E-state index in [-0.39, 0.29) is 5.54 Å². The van der Waals surface area contributed by atoms with Gasteiger partial charge in [-0.05, 0) is 51.9 Å². The van der Waals surface area contributed by atoms with E-state index in [4.69, 9.17) is 5.73 Å². The molecule has 2 N–H and O–H groups in total. The van der Waals surface area contributed by atoms with E-state index in [0.717, 1.165) is 18.4 Å². The van der Waals surface area contributed by atoms with Crippen molar-refractivity contribution in [3.63, 3.8) is 0 Å². The molecule has 0 heterocycles. The summed E-state index contributed by atoms with van der Waals surface area (Å²) in [7, 11) is 0. The number of nitrogens with two attached hydrogens (primary N) is 1. The first-order valence-electron chi connectivity index (χ1n) is 7.52. The monoisotopic (exact) mass is 238 g/mol. The Hall–Kier alpha value is -0.0800. The minimum absolute atomic E-state index is 0.238. The normalized spacial score (nSPS) is 25.1. The Morgan fingerprint density at radius 1 is 1.18 bits per heavy atom. The molecule has 2 aliphatic carbocycles. The third kappa shape index (κ3) is 3.23. The Morgan fingerprint density at radius 3 is 2.18 bits per heavy atom. The second-order valence-electron chi connectivity index (χ2n) is 6.89. The number of nitrogens with zero attached hydrogens (tertiary/aromatic N) is 1. The lowest BCUT2D eigenvalue weighted by atomic mass is 9.75. The molecule has 2 fully saturated rings. The van der Waals surface area contributed by atoms with Crippen LogP contribution >= 0.6 is 0 Å². The second-order valence-corrected chi connectivity index (χ2v) is 6.89. The average molecular weight is 238 g/mol. The summed E-state index contributed by atoms with van der Waals surface area (Å²) in [5.41, 5.74) is 6.37. The molecule has 0 saturated heterocycles. The molecule has 2 nitrogen and oxygen atoms in total. The molecule has 0 aromatic rings. The van der Waals surface area contributed by atoms with E-state index in [1.807, 2.05) is 0 Å². The lowest BCUT2D eigenvalue weighted by Crippen LogP contribution is -2.56. The van der Waals surface area contributed by atoms with Gasteiger partial charge in [0, 0.05) is 24.7 Å². The Bertz CT molecular complexity index is 243. The molecule has 0 amide bonds. The minimum Gasteiger partial charge on any atom is -0.329 e. The van der Waals surface area contributed by atoms with E-state index in [2.05, 4.69) is 25.7 Å². The van der Waals surface area contributed by atoms with Crippen molar-refractivity contribution in [1.82, 2.24) is 4.90 Å². The highest BCUT2D eigenvalue weighted by atomic mass is 15.2. The maximum Gasteiger partial charge on any atom is 0.0309 e. The van der Waals surface area contributed by atoms with E-state index in [1.54, 1.807) is 0 Å². The van der Waals surface area contributed by atoms with Gasteiger partial charge in [-0.25, -0.2) is 0 Å².